The number of carbonyl (C=O) groups is 1. The topological polar surface area (TPSA) is 180 Å². The molecule has 1 aromatic carbocycles. The zero-order valence-corrected chi connectivity index (χ0v) is 14.7. The second kappa shape index (κ2) is 7.35. The maximum Gasteiger partial charge on any atom is 1.00 e. The number of phenolic OH excluding ortho intramolecular Hbond substituents is 1. The summed E-state index contributed by atoms with van der Waals surface area (Å²) in [6.07, 6.45) is -0.0307. The largest absolute Gasteiger partial charge is 1.00 e. The molecular weight excluding hydrogens is 327 g/mol. The van der Waals surface area contributed by atoms with Crippen LogP contribution in [0.4, 0.5) is 16.2 Å². The maximum absolute atomic E-state index is 11.1. The molecular formula is C10H13N4NaO6S. The van der Waals surface area contributed by atoms with Crippen molar-refractivity contribution in [2.75, 3.05) is 11.9 Å². The molecule has 0 bridgehead atoms. The van der Waals surface area contributed by atoms with Crippen molar-refractivity contribution in [1.82, 2.24) is 0 Å². The summed E-state index contributed by atoms with van der Waals surface area (Å²) >= 11 is 0. The number of benzene rings is 1. The first-order valence-electron chi connectivity index (χ1n) is 5.44. The van der Waals surface area contributed by atoms with E-state index in [1.54, 1.807) is 0 Å². The maximum atomic E-state index is 11.1. The predicted molar refractivity (Wildman–Crippen MR) is 71.4 cm³/mol. The SMILES string of the molecule is CN1c2cc(O)c(N=NC(N)=O)cc2CC1S(=O)(=O)[O-].O.[Na+]. The molecule has 5 N–H and O–H groups in total. The summed E-state index contributed by atoms with van der Waals surface area (Å²) in [7, 11) is -3.06. The number of fused-ring (bicyclic) bond motifs is 1. The van der Waals surface area contributed by atoms with Crippen LogP contribution in [-0.4, -0.2) is 42.0 Å². The molecule has 2 rings (SSSR count). The minimum atomic E-state index is -4.50. The Hall–Kier alpha value is -1.24. The van der Waals surface area contributed by atoms with Crippen LogP contribution >= 0.6 is 0 Å². The molecule has 1 aliphatic heterocycles. The van der Waals surface area contributed by atoms with Crippen molar-refractivity contribution in [1.29, 1.82) is 0 Å². The van der Waals surface area contributed by atoms with E-state index in [1.165, 1.54) is 24.1 Å². The van der Waals surface area contributed by atoms with Gasteiger partial charge in [0, 0.05) is 25.2 Å². The number of azo groups is 1. The molecule has 12 heteroatoms. The molecule has 0 aromatic heterocycles. The third-order valence-corrected chi connectivity index (χ3v) is 4.12. The molecule has 10 nitrogen and oxygen atoms in total. The predicted octanol–water partition coefficient (Wildman–Crippen LogP) is -3.40. The number of primary amides is 1. The first-order valence-corrected chi connectivity index (χ1v) is 6.92. The van der Waals surface area contributed by atoms with Gasteiger partial charge in [0.05, 0.1) is 0 Å². The number of aromatic hydroxyl groups is 1. The molecule has 0 fully saturated rings. The molecule has 0 radical (unpaired) electrons. The Kier molecular flexibility index (Phi) is 6.94. The van der Waals surface area contributed by atoms with E-state index in [0.717, 1.165) is 0 Å². The molecule has 22 heavy (non-hydrogen) atoms. The van der Waals surface area contributed by atoms with Crippen LogP contribution in [0.25, 0.3) is 0 Å². The van der Waals surface area contributed by atoms with Crippen LogP contribution in [0.5, 0.6) is 5.75 Å². The average Bonchev–Trinajstić information content (AvgIpc) is 2.63. The van der Waals surface area contributed by atoms with Crippen molar-refractivity contribution >= 4 is 27.5 Å². The third-order valence-electron chi connectivity index (χ3n) is 2.97. The molecule has 0 saturated carbocycles. The van der Waals surface area contributed by atoms with Gasteiger partial charge in [-0.05, 0) is 11.6 Å². The molecule has 1 unspecified atom stereocenters. The number of carbonyl (C=O) groups excluding carboxylic acids is 1. The van der Waals surface area contributed by atoms with Gasteiger partial charge in [0.1, 0.15) is 26.9 Å². The van der Waals surface area contributed by atoms with E-state index in [1.807, 2.05) is 0 Å². The number of phenols is 1. The summed E-state index contributed by atoms with van der Waals surface area (Å²) in [5.74, 6) is -0.301. The van der Waals surface area contributed by atoms with Crippen LogP contribution in [0, 0.1) is 0 Å². The number of hydrogen-bond donors (Lipinski definition) is 2. The van der Waals surface area contributed by atoms with E-state index in [2.05, 4.69) is 10.2 Å². The number of amides is 2. The van der Waals surface area contributed by atoms with Crippen LogP contribution < -0.4 is 40.2 Å². The Morgan fingerprint density at radius 3 is 2.59 bits per heavy atom. The fourth-order valence-electron chi connectivity index (χ4n) is 2.06. The Morgan fingerprint density at radius 1 is 1.50 bits per heavy atom. The first kappa shape index (κ1) is 20.8. The Bertz CT molecular complexity index is 708. The fraction of sp³-hybridized carbons (Fsp3) is 0.300. The molecule has 116 valence electrons. The molecule has 0 saturated heterocycles. The van der Waals surface area contributed by atoms with Gasteiger partial charge in [0.25, 0.3) is 0 Å². The summed E-state index contributed by atoms with van der Waals surface area (Å²) in [5.41, 5.74) is 5.68. The van der Waals surface area contributed by atoms with E-state index in [-0.39, 0.29) is 52.9 Å². The number of nitrogens with zero attached hydrogens (tertiary/aromatic N) is 3. The van der Waals surface area contributed by atoms with Crippen molar-refractivity contribution in [2.45, 2.75) is 11.8 Å². The van der Waals surface area contributed by atoms with Gasteiger partial charge in [-0.15, -0.1) is 5.11 Å². The van der Waals surface area contributed by atoms with Crippen LogP contribution in [0.1, 0.15) is 5.56 Å². The van der Waals surface area contributed by atoms with Gasteiger partial charge < -0.3 is 25.8 Å². The molecule has 2 amide bonds. The van der Waals surface area contributed by atoms with Gasteiger partial charge in [-0.1, -0.05) is 5.11 Å². The number of anilines is 1. The number of nitrogens with two attached hydrogens (primary N) is 1. The molecule has 1 aromatic rings. The smallest absolute Gasteiger partial charge is 0.746 e. The summed E-state index contributed by atoms with van der Waals surface area (Å²) < 4.78 is 33.4. The quantitative estimate of drug-likeness (QED) is 0.321. The Labute approximate surface area is 148 Å². The summed E-state index contributed by atoms with van der Waals surface area (Å²) in [4.78, 5) is 11.8. The van der Waals surface area contributed by atoms with Gasteiger partial charge in [0.2, 0.25) is 0 Å². The van der Waals surface area contributed by atoms with Crippen molar-refractivity contribution in [2.24, 2.45) is 16.0 Å². The molecule has 0 spiro atoms. The van der Waals surface area contributed by atoms with Gasteiger partial charge in [-0.2, -0.15) is 0 Å². The van der Waals surface area contributed by atoms with Crippen molar-refractivity contribution in [3.8, 4) is 5.75 Å². The van der Waals surface area contributed by atoms with Gasteiger partial charge in [0.15, 0.2) is 0 Å². The zero-order valence-electron chi connectivity index (χ0n) is 11.8. The van der Waals surface area contributed by atoms with Gasteiger partial charge in [-0.3, -0.25) is 0 Å². The van der Waals surface area contributed by atoms with Gasteiger partial charge >= 0.3 is 35.6 Å². The minimum absolute atomic E-state index is 0. The summed E-state index contributed by atoms with van der Waals surface area (Å²) in [5, 5.41) is 15.0. The van der Waals surface area contributed by atoms with E-state index in [9.17, 15) is 22.9 Å². The normalized spacial score (nSPS) is 16.8. The van der Waals surface area contributed by atoms with Crippen LogP contribution in [0.3, 0.4) is 0 Å². The summed E-state index contributed by atoms with van der Waals surface area (Å²) in [6, 6.07) is 1.59. The van der Waals surface area contributed by atoms with Gasteiger partial charge in [-0.25, -0.2) is 13.2 Å². The zero-order chi connectivity index (χ0) is 15.1. The third kappa shape index (κ3) is 4.15. The second-order valence-corrected chi connectivity index (χ2v) is 5.80. The number of likely N-dealkylation sites (N-methyl/N-ethyl adjacent to an activating group) is 1. The van der Waals surface area contributed by atoms with Crippen LogP contribution in [0.15, 0.2) is 22.4 Å². The molecule has 1 atom stereocenters. The van der Waals surface area contributed by atoms with E-state index in [0.29, 0.717) is 11.3 Å². The molecule has 1 aliphatic rings. The number of rotatable bonds is 2. The summed E-state index contributed by atoms with van der Waals surface area (Å²) in [6.45, 7) is 0. The van der Waals surface area contributed by atoms with Crippen molar-refractivity contribution in [3.05, 3.63) is 17.7 Å². The van der Waals surface area contributed by atoms with E-state index < -0.39 is 21.5 Å². The minimum Gasteiger partial charge on any atom is -0.746 e. The standard InChI is InChI=1S/C10H12N4O5S.Na.H2O/c1-14-7-4-8(15)6(12-13-10(11)16)2-5(7)3-9(14)20(17,18)19;;/h2,4,9,15H,3H2,1H3,(H2,11,16)(H,17,18,19);;1H2/q;+1;/p-1. The first-order chi connectivity index (χ1) is 9.20. The van der Waals surface area contributed by atoms with E-state index in [4.69, 9.17) is 5.73 Å². The second-order valence-electron chi connectivity index (χ2n) is 4.27. The monoisotopic (exact) mass is 340 g/mol. The number of hydrogen-bond acceptors (Lipinski definition) is 7. The molecule has 1 heterocycles. The number of urea groups is 1. The van der Waals surface area contributed by atoms with Crippen molar-refractivity contribution in [3.63, 3.8) is 0 Å². The fourth-order valence-corrected chi connectivity index (χ4v) is 2.94. The Balaban J connectivity index is 0.00000220. The molecule has 0 aliphatic carbocycles. The van der Waals surface area contributed by atoms with Crippen LogP contribution in [0.2, 0.25) is 0 Å². The Morgan fingerprint density at radius 2 is 2.09 bits per heavy atom. The van der Waals surface area contributed by atoms with E-state index >= 15 is 0 Å². The van der Waals surface area contributed by atoms with Crippen LogP contribution in [-0.2, 0) is 16.5 Å². The average molecular weight is 340 g/mol. The van der Waals surface area contributed by atoms with Crippen molar-refractivity contribution < 1.29 is 57.9 Å².